The molecule has 0 atom stereocenters. The summed E-state index contributed by atoms with van der Waals surface area (Å²) in [5.41, 5.74) is 2.34. The van der Waals surface area contributed by atoms with E-state index in [0.717, 1.165) is 5.70 Å². The fourth-order valence-corrected chi connectivity index (χ4v) is 0.803. The van der Waals surface area contributed by atoms with Crippen molar-refractivity contribution >= 4 is 0 Å². The first-order valence-electron chi connectivity index (χ1n) is 3.81. The van der Waals surface area contributed by atoms with Crippen molar-refractivity contribution in [1.29, 1.82) is 0 Å². The predicted octanol–water partition coefficient (Wildman–Crippen LogP) is 1.92. The maximum atomic E-state index is 3.24. The zero-order valence-corrected chi connectivity index (χ0v) is 8.10. The van der Waals surface area contributed by atoms with Gasteiger partial charge in [0.25, 0.3) is 0 Å². The van der Waals surface area contributed by atoms with Gasteiger partial charge in [-0.1, -0.05) is 6.08 Å². The van der Waals surface area contributed by atoms with Crippen LogP contribution in [0.25, 0.3) is 0 Å². The highest BCUT2D eigenvalue weighted by atomic mass is 15.1. The van der Waals surface area contributed by atoms with Crippen molar-refractivity contribution in [3.05, 3.63) is 23.7 Å². The molecule has 0 aliphatic heterocycles. The number of nitrogens with zero attached hydrogens (tertiary/aromatic N) is 1. The summed E-state index contributed by atoms with van der Waals surface area (Å²) in [4.78, 5) is 2.02. The molecule has 0 saturated heterocycles. The first-order chi connectivity index (χ1) is 5.06. The lowest BCUT2D eigenvalue weighted by Gasteiger charge is -2.10. The van der Waals surface area contributed by atoms with Gasteiger partial charge in [0, 0.05) is 31.7 Å². The van der Waals surface area contributed by atoms with Gasteiger partial charge >= 0.3 is 0 Å². The summed E-state index contributed by atoms with van der Waals surface area (Å²) in [6, 6.07) is 0. The number of allylic oxidation sites excluding steroid dienone is 3. The van der Waals surface area contributed by atoms with Crippen LogP contribution in [0.4, 0.5) is 0 Å². The second-order valence-electron chi connectivity index (χ2n) is 2.87. The second-order valence-corrected chi connectivity index (χ2v) is 2.87. The summed E-state index contributed by atoms with van der Waals surface area (Å²) in [5, 5.41) is 3.24. The largest absolute Gasteiger partial charge is 0.382 e. The van der Waals surface area contributed by atoms with Crippen LogP contribution < -0.4 is 5.32 Å². The van der Waals surface area contributed by atoms with Gasteiger partial charge in [-0.15, -0.1) is 0 Å². The fraction of sp³-hybridized carbons (Fsp3) is 0.556. The van der Waals surface area contributed by atoms with Crippen molar-refractivity contribution in [2.24, 2.45) is 0 Å². The molecule has 0 aromatic rings. The highest BCUT2D eigenvalue weighted by Gasteiger charge is 1.88. The van der Waals surface area contributed by atoms with Crippen LogP contribution in [-0.2, 0) is 0 Å². The fourth-order valence-electron chi connectivity index (χ4n) is 0.803. The van der Waals surface area contributed by atoms with Gasteiger partial charge in [-0.2, -0.15) is 0 Å². The smallest absolute Gasteiger partial charge is 0.0278 e. The first kappa shape index (κ1) is 10.1. The average Bonchev–Trinajstić information content (AvgIpc) is 1.85. The second kappa shape index (κ2) is 4.83. The standard InChI is InChI=1S/C9H18N2/c1-6-8(2)10-9(3)7-11(4)5/h6-7,10H,1-5H3/b8-6-,9-7-. The molecule has 0 rings (SSSR count). The van der Waals surface area contributed by atoms with Gasteiger partial charge in [-0.25, -0.2) is 0 Å². The minimum Gasteiger partial charge on any atom is -0.382 e. The van der Waals surface area contributed by atoms with Crippen molar-refractivity contribution in [3.63, 3.8) is 0 Å². The number of hydrogen-bond acceptors (Lipinski definition) is 2. The van der Waals surface area contributed by atoms with Crippen LogP contribution in [0, 0.1) is 0 Å². The molecule has 2 nitrogen and oxygen atoms in total. The van der Waals surface area contributed by atoms with E-state index in [9.17, 15) is 0 Å². The van der Waals surface area contributed by atoms with E-state index in [-0.39, 0.29) is 0 Å². The summed E-state index contributed by atoms with van der Waals surface area (Å²) in [6.07, 6.45) is 4.10. The third kappa shape index (κ3) is 5.52. The Labute approximate surface area is 69.6 Å². The third-order valence-electron chi connectivity index (χ3n) is 1.28. The van der Waals surface area contributed by atoms with Gasteiger partial charge in [-0.05, 0) is 20.8 Å². The molecule has 0 aromatic heterocycles. The molecule has 0 spiro atoms. The van der Waals surface area contributed by atoms with E-state index in [4.69, 9.17) is 0 Å². The summed E-state index contributed by atoms with van der Waals surface area (Å²) in [5.74, 6) is 0. The Hall–Kier alpha value is -0.920. The average molecular weight is 154 g/mol. The van der Waals surface area contributed by atoms with E-state index < -0.39 is 0 Å². The molecule has 0 amide bonds. The Morgan fingerprint density at radius 3 is 2.09 bits per heavy atom. The van der Waals surface area contributed by atoms with E-state index in [1.807, 2.05) is 52.0 Å². The monoisotopic (exact) mass is 154 g/mol. The SMILES string of the molecule is C/C=C(/C)N/C(C)=C\N(C)C. The Kier molecular flexibility index (Phi) is 4.42. The number of hydrogen-bond donors (Lipinski definition) is 1. The molecule has 0 fully saturated rings. The molecule has 0 saturated carbocycles. The van der Waals surface area contributed by atoms with Crippen LogP contribution in [0.15, 0.2) is 23.7 Å². The Morgan fingerprint density at radius 1 is 1.18 bits per heavy atom. The quantitative estimate of drug-likeness (QED) is 0.668. The van der Waals surface area contributed by atoms with Crippen molar-refractivity contribution in [2.45, 2.75) is 20.8 Å². The topological polar surface area (TPSA) is 15.3 Å². The van der Waals surface area contributed by atoms with E-state index >= 15 is 0 Å². The van der Waals surface area contributed by atoms with Crippen molar-refractivity contribution in [3.8, 4) is 0 Å². The van der Waals surface area contributed by atoms with Crippen LogP contribution in [0.1, 0.15) is 20.8 Å². The van der Waals surface area contributed by atoms with Crippen molar-refractivity contribution in [1.82, 2.24) is 10.2 Å². The molecule has 0 aromatic carbocycles. The highest BCUT2D eigenvalue weighted by molar-refractivity contribution is 5.05. The first-order valence-corrected chi connectivity index (χ1v) is 3.81. The zero-order valence-electron chi connectivity index (χ0n) is 8.10. The third-order valence-corrected chi connectivity index (χ3v) is 1.28. The van der Waals surface area contributed by atoms with E-state index in [0.29, 0.717) is 0 Å². The minimum absolute atomic E-state index is 1.16. The zero-order chi connectivity index (χ0) is 8.85. The molecule has 0 aliphatic carbocycles. The maximum absolute atomic E-state index is 3.24. The van der Waals surface area contributed by atoms with Crippen LogP contribution >= 0.6 is 0 Å². The molecule has 0 heterocycles. The van der Waals surface area contributed by atoms with Gasteiger partial charge in [0.2, 0.25) is 0 Å². The molecule has 0 radical (unpaired) electrons. The summed E-state index contributed by atoms with van der Waals surface area (Å²) < 4.78 is 0. The molecular weight excluding hydrogens is 136 g/mol. The lowest BCUT2D eigenvalue weighted by molar-refractivity contribution is 0.553. The van der Waals surface area contributed by atoms with Crippen LogP contribution in [0.3, 0.4) is 0 Å². The molecular formula is C9H18N2. The molecule has 11 heavy (non-hydrogen) atoms. The van der Waals surface area contributed by atoms with Crippen molar-refractivity contribution in [2.75, 3.05) is 14.1 Å². The van der Waals surface area contributed by atoms with Gasteiger partial charge in [0.05, 0.1) is 0 Å². The minimum atomic E-state index is 1.16. The summed E-state index contributed by atoms with van der Waals surface area (Å²) in [6.45, 7) is 6.12. The van der Waals surface area contributed by atoms with E-state index in [2.05, 4.69) is 5.32 Å². The van der Waals surface area contributed by atoms with Gasteiger partial charge in [0.15, 0.2) is 0 Å². The molecule has 64 valence electrons. The predicted molar refractivity (Wildman–Crippen MR) is 50.0 cm³/mol. The Morgan fingerprint density at radius 2 is 1.73 bits per heavy atom. The maximum Gasteiger partial charge on any atom is 0.0278 e. The molecule has 0 bridgehead atoms. The lowest BCUT2D eigenvalue weighted by Crippen LogP contribution is -2.12. The van der Waals surface area contributed by atoms with Crippen molar-refractivity contribution < 1.29 is 0 Å². The van der Waals surface area contributed by atoms with Crippen LogP contribution in [0.5, 0.6) is 0 Å². The van der Waals surface area contributed by atoms with Gasteiger partial charge in [-0.3, -0.25) is 0 Å². The normalized spacial score (nSPS) is 13.2. The molecule has 2 heteroatoms. The highest BCUT2D eigenvalue weighted by Crippen LogP contribution is 1.94. The molecule has 0 unspecified atom stereocenters. The van der Waals surface area contributed by atoms with Crippen LogP contribution in [-0.4, -0.2) is 19.0 Å². The molecule has 0 aliphatic rings. The summed E-state index contributed by atoms with van der Waals surface area (Å²) >= 11 is 0. The Bertz CT molecular complexity index is 166. The van der Waals surface area contributed by atoms with Gasteiger partial charge in [0.1, 0.15) is 0 Å². The molecule has 1 N–H and O–H groups in total. The van der Waals surface area contributed by atoms with E-state index in [1.54, 1.807) is 0 Å². The number of rotatable bonds is 3. The van der Waals surface area contributed by atoms with Gasteiger partial charge < -0.3 is 10.2 Å². The number of nitrogens with one attached hydrogen (secondary N) is 1. The lowest BCUT2D eigenvalue weighted by atomic mass is 10.4. The van der Waals surface area contributed by atoms with Crippen LogP contribution in [0.2, 0.25) is 0 Å². The summed E-state index contributed by atoms with van der Waals surface area (Å²) in [7, 11) is 4.02. The Balaban J connectivity index is 3.96. The van der Waals surface area contributed by atoms with E-state index in [1.165, 1.54) is 5.70 Å².